The van der Waals surface area contributed by atoms with Crippen LogP contribution in [0.4, 0.5) is 0 Å². The lowest BCUT2D eigenvalue weighted by Gasteiger charge is -2.23. The molecule has 3 aromatic carbocycles. The quantitative estimate of drug-likeness (QED) is 0.416. The lowest BCUT2D eigenvalue weighted by atomic mass is 10.1. The number of hydrogen-bond donors (Lipinski definition) is 1. The number of benzene rings is 3. The molecule has 1 atom stereocenters. The van der Waals surface area contributed by atoms with E-state index in [2.05, 4.69) is 21.2 Å². The fourth-order valence-electron chi connectivity index (χ4n) is 3.36. The second kappa shape index (κ2) is 11.4. The highest BCUT2D eigenvalue weighted by molar-refractivity contribution is 9.10. The average Bonchev–Trinajstić information content (AvgIpc) is 2.82. The summed E-state index contributed by atoms with van der Waals surface area (Å²) in [7, 11) is -2.26. The highest BCUT2D eigenvalue weighted by atomic mass is 79.9. The molecule has 0 saturated heterocycles. The predicted octanol–water partition coefficient (Wildman–Crippen LogP) is 4.57. The molecule has 0 heterocycles. The Morgan fingerprint density at radius 3 is 2.24 bits per heavy atom. The minimum absolute atomic E-state index is 0.148. The molecule has 0 aromatic heterocycles. The molecule has 174 valence electrons. The highest BCUT2D eigenvalue weighted by Crippen LogP contribution is 2.20. The van der Waals surface area contributed by atoms with Gasteiger partial charge in [-0.1, -0.05) is 58.4 Å². The van der Waals surface area contributed by atoms with Gasteiger partial charge in [0.1, 0.15) is 5.75 Å². The molecule has 0 unspecified atom stereocenters. The van der Waals surface area contributed by atoms with Gasteiger partial charge in [0.15, 0.2) is 0 Å². The minimum atomic E-state index is -3.86. The Morgan fingerprint density at radius 2 is 1.64 bits per heavy atom. The zero-order chi connectivity index (χ0) is 23.8. The minimum Gasteiger partial charge on any atom is -0.497 e. The maximum atomic E-state index is 13.3. The molecule has 33 heavy (non-hydrogen) atoms. The van der Waals surface area contributed by atoms with E-state index in [9.17, 15) is 13.2 Å². The van der Waals surface area contributed by atoms with Gasteiger partial charge in [-0.2, -0.15) is 4.31 Å². The molecule has 3 rings (SSSR count). The van der Waals surface area contributed by atoms with Gasteiger partial charge in [-0.25, -0.2) is 8.42 Å². The van der Waals surface area contributed by atoms with Crippen molar-refractivity contribution < 1.29 is 17.9 Å². The Bertz CT molecular complexity index is 1150. The van der Waals surface area contributed by atoms with E-state index < -0.39 is 10.0 Å². The first-order valence-corrected chi connectivity index (χ1v) is 12.8. The molecule has 3 aromatic rings. The Balaban J connectivity index is 1.75. The zero-order valence-electron chi connectivity index (χ0n) is 18.6. The number of rotatable bonds is 10. The first-order valence-electron chi connectivity index (χ1n) is 10.5. The molecular weight excluding hydrogens is 504 g/mol. The number of sulfonamides is 1. The first kappa shape index (κ1) is 25.0. The smallest absolute Gasteiger partial charge is 0.243 e. The third-order valence-electron chi connectivity index (χ3n) is 5.26. The molecule has 6 nitrogen and oxygen atoms in total. The van der Waals surface area contributed by atoms with Crippen LogP contribution in [0.3, 0.4) is 0 Å². The largest absolute Gasteiger partial charge is 0.497 e. The van der Waals surface area contributed by atoms with Gasteiger partial charge in [-0.15, -0.1) is 0 Å². The molecule has 0 bridgehead atoms. The van der Waals surface area contributed by atoms with E-state index in [-0.39, 0.29) is 29.9 Å². The number of methoxy groups -OCH3 is 1. The van der Waals surface area contributed by atoms with Crippen LogP contribution in [0.25, 0.3) is 0 Å². The zero-order valence-corrected chi connectivity index (χ0v) is 21.0. The third kappa shape index (κ3) is 6.90. The van der Waals surface area contributed by atoms with Crippen molar-refractivity contribution in [2.75, 3.05) is 20.2 Å². The number of ether oxygens (including phenoxy) is 1. The van der Waals surface area contributed by atoms with Crippen LogP contribution in [-0.4, -0.2) is 38.8 Å². The van der Waals surface area contributed by atoms with Crippen LogP contribution in [-0.2, 0) is 21.2 Å². The molecule has 8 heteroatoms. The van der Waals surface area contributed by atoms with Crippen LogP contribution in [0.1, 0.15) is 24.1 Å². The number of carbonyl (C=O) groups is 1. The Hall–Kier alpha value is -2.68. The summed E-state index contributed by atoms with van der Waals surface area (Å²) in [6.45, 7) is 1.77. The summed E-state index contributed by atoms with van der Waals surface area (Å²) in [6, 6.07) is 23.1. The van der Waals surface area contributed by atoms with Gasteiger partial charge in [-0.3, -0.25) is 4.79 Å². The second-order valence-corrected chi connectivity index (χ2v) is 10.4. The number of halogens is 1. The van der Waals surface area contributed by atoms with E-state index in [1.165, 1.54) is 16.4 Å². The first-order chi connectivity index (χ1) is 15.8. The lowest BCUT2D eigenvalue weighted by molar-refractivity contribution is -0.121. The fourth-order valence-corrected chi connectivity index (χ4v) is 5.02. The van der Waals surface area contributed by atoms with E-state index in [0.717, 1.165) is 21.3 Å². The van der Waals surface area contributed by atoms with E-state index in [0.29, 0.717) is 6.42 Å². The van der Waals surface area contributed by atoms with Crippen LogP contribution < -0.4 is 10.1 Å². The average molecular weight is 531 g/mol. The summed E-state index contributed by atoms with van der Waals surface area (Å²) < 4.78 is 33.9. The second-order valence-electron chi connectivity index (χ2n) is 7.59. The van der Waals surface area contributed by atoms with Crippen molar-refractivity contribution in [3.8, 4) is 5.75 Å². The fraction of sp³-hybridized carbons (Fsp3) is 0.240. The molecular formula is C25H27BrN2O4S. The van der Waals surface area contributed by atoms with Crippen molar-refractivity contribution in [1.82, 2.24) is 9.62 Å². The van der Waals surface area contributed by atoms with Crippen molar-refractivity contribution in [1.29, 1.82) is 0 Å². The summed E-state index contributed by atoms with van der Waals surface area (Å²) in [5.74, 6) is 0.358. The van der Waals surface area contributed by atoms with E-state index in [1.807, 2.05) is 61.5 Å². The van der Waals surface area contributed by atoms with Gasteiger partial charge >= 0.3 is 0 Å². The number of hydrogen-bond acceptors (Lipinski definition) is 4. The number of carbonyl (C=O) groups excluding carboxylic acids is 1. The van der Waals surface area contributed by atoms with Crippen molar-refractivity contribution in [2.45, 2.75) is 24.3 Å². The summed E-state index contributed by atoms with van der Waals surface area (Å²) in [4.78, 5) is 13.0. The van der Waals surface area contributed by atoms with Crippen molar-refractivity contribution in [3.05, 3.63) is 94.5 Å². The van der Waals surface area contributed by atoms with Crippen LogP contribution in [0.15, 0.2) is 88.2 Å². The summed E-state index contributed by atoms with van der Waals surface area (Å²) in [5, 5.41) is 2.90. The number of nitrogens with zero attached hydrogens (tertiary/aromatic N) is 1. The standard InChI is InChI=1S/C25H27BrN2O4S/c1-19(21-8-12-23(32-2)13-9-21)27-25(29)18-28(17-16-20-6-4-3-5-7-20)33(30,31)24-14-10-22(26)11-15-24/h3-15,19H,16-18H2,1-2H3,(H,27,29)/t19-/m0/s1. The molecule has 0 aliphatic rings. The maximum Gasteiger partial charge on any atom is 0.243 e. The van der Waals surface area contributed by atoms with Crippen LogP contribution >= 0.6 is 15.9 Å². The van der Waals surface area contributed by atoms with Gasteiger partial charge in [0.25, 0.3) is 0 Å². The normalized spacial score (nSPS) is 12.4. The SMILES string of the molecule is COc1ccc([C@H](C)NC(=O)CN(CCc2ccccc2)S(=O)(=O)c2ccc(Br)cc2)cc1. The molecule has 0 aliphatic carbocycles. The van der Waals surface area contributed by atoms with Gasteiger partial charge < -0.3 is 10.1 Å². The summed E-state index contributed by atoms with van der Waals surface area (Å²) in [6.07, 6.45) is 0.498. The van der Waals surface area contributed by atoms with Crippen LogP contribution in [0.5, 0.6) is 5.75 Å². The molecule has 1 amide bonds. The molecule has 0 aliphatic heterocycles. The van der Waals surface area contributed by atoms with Crippen molar-refractivity contribution >= 4 is 31.9 Å². The van der Waals surface area contributed by atoms with E-state index in [1.54, 1.807) is 19.2 Å². The number of amides is 1. The van der Waals surface area contributed by atoms with E-state index >= 15 is 0 Å². The summed E-state index contributed by atoms with van der Waals surface area (Å²) >= 11 is 3.33. The van der Waals surface area contributed by atoms with Gasteiger partial charge in [0.05, 0.1) is 24.6 Å². The Morgan fingerprint density at radius 1 is 1.00 bits per heavy atom. The highest BCUT2D eigenvalue weighted by Gasteiger charge is 2.27. The van der Waals surface area contributed by atoms with Gasteiger partial charge in [0.2, 0.25) is 15.9 Å². The lowest BCUT2D eigenvalue weighted by Crippen LogP contribution is -2.42. The molecule has 0 spiro atoms. The Kier molecular flexibility index (Phi) is 8.66. The predicted molar refractivity (Wildman–Crippen MR) is 133 cm³/mol. The number of nitrogens with one attached hydrogen (secondary N) is 1. The molecule has 1 N–H and O–H groups in total. The van der Waals surface area contributed by atoms with Crippen LogP contribution in [0.2, 0.25) is 0 Å². The maximum absolute atomic E-state index is 13.3. The molecule has 0 fully saturated rings. The molecule has 0 saturated carbocycles. The topological polar surface area (TPSA) is 75.7 Å². The molecule has 0 radical (unpaired) electrons. The monoisotopic (exact) mass is 530 g/mol. The summed E-state index contributed by atoms with van der Waals surface area (Å²) in [5.41, 5.74) is 1.90. The van der Waals surface area contributed by atoms with Gasteiger partial charge in [0, 0.05) is 11.0 Å². The van der Waals surface area contributed by atoms with Crippen molar-refractivity contribution in [3.63, 3.8) is 0 Å². The Labute approximate surface area is 203 Å². The van der Waals surface area contributed by atoms with Crippen molar-refractivity contribution in [2.24, 2.45) is 0 Å². The van der Waals surface area contributed by atoms with Gasteiger partial charge in [-0.05, 0) is 60.9 Å². The van der Waals surface area contributed by atoms with Crippen LogP contribution in [0, 0.1) is 0 Å². The van der Waals surface area contributed by atoms with E-state index in [4.69, 9.17) is 4.74 Å². The third-order valence-corrected chi connectivity index (χ3v) is 7.65.